The first-order chi connectivity index (χ1) is 11.6. The van der Waals surface area contributed by atoms with Crippen LogP contribution in [0, 0.1) is 0 Å². The molecule has 0 bridgehead atoms. The van der Waals surface area contributed by atoms with Crippen molar-refractivity contribution in [3.8, 4) is 0 Å². The lowest BCUT2D eigenvalue weighted by Crippen LogP contribution is -2.32. The number of aromatic nitrogens is 2. The van der Waals surface area contributed by atoms with Crippen molar-refractivity contribution in [1.82, 2.24) is 15.5 Å². The maximum absolute atomic E-state index is 12.3. The van der Waals surface area contributed by atoms with Gasteiger partial charge in [0.1, 0.15) is 0 Å². The fourth-order valence-corrected chi connectivity index (χ4v) is 2.67. The lowest BCUT2D eigenvalue weighted by molar-refractivity contribution is 0.0948. The third kappa shape index (κ3) is 3.31. The molecule has 0 aliphatic rings. The predicted octanol–water partition coefficient (Wildman–Crippen LogP) is 3.12. The molecule has 124 valence electrons. The van der Waals surface area contributed by atoms with Gasteiger partial charge >= 0.3 is 0 Å². The fraction of sp³-hybridized carbons (Fsp3) is 0.263. The highest BCUT2D eigenvalue weighted by molar-refractivity contribution is 6.04. The molecule has 0 saturated heterocycles. The van der Waals surface area contributed by atoms with E-state index < -0.39 is 0 Å². The van der Waals surface area contributed by atoms with Crippen LogP contribution in [0.2, 0.25) is 0 Å². The third-order valence-corrected chi connectivity index (χ3v) is 4.20. The number of amides is 1. The van der Waals surface area contributed by atoms with Crippen LogP contribution < -0.4 is 11.1 Å². The third-order valence-electron chi connectivity index (χ3n) is 4.20. The number of H-pyrrole nitrogens is 1. The molecule has 0 fully saturated rings. The minimum Gasteiger partial charge on any atom is -0.349 e. The molecule has 3 aromatic rings. The van der Waals surface area contributed by atoms with Gasteiger partial charge in [-0.3, -0.25) is 9.89 Å². The minimum atomic E-state index is -0.250. The number of nitrogens with zero attached hydrogens (tertiary/aromatic N) is 1. The van der Waals surface area contributed by atoms with E-state index in [0.29, 0.717) is 18.2 Å². The SMILES string of the molecule is CC(C)c1ccc(C(N)CNC(=O)c2n[nH]c3ccccc23)cc1. The molecule has 1 amide bonds. The van der Waals surface area contributed by atoms with Gasteiger partial charge in [-0.1, -0.05) is 56.3 Å². The Morgan fingerprint density at radius 2 is 1.79 bits per heavy atom. The molecular weight excluding hydrogens is 300 g/mol. The number of fused-ring (bicyclic) bond motifs is 1. The van der Waals surface area contributed by atoms with Crippen molar-refractivity contribution in [1.29, 1.82) is 0 Å². The van der Waals surface area contributed by atoms with Gasteiger partial charge in [0, 0.05) is 18.0 Å². The molecule has 5 nitrogen and oxygen atoms in total. The first kappa shape index (κ1) is 16.2. The Morgan fingerprint density at radius 3 is 2.50 bits per heavy atom. The second-order valence-corrected chi connectivity index (χ2v) is 6.26. The second kappa shape index (κ2) is 6.84. The zero-order chi connectivity index (χ0) is 17.1. The lowest BCUT2D eigenvalue weighted by atomic mass is 9.99. The molecule has 0 aliphatic heterocycles. The molecular formula is C19H22N4O. The smallest absolute Gasteiger partial charge is 0.272 e. The van der Waals surface area contributed by atoms with E-state index in [0.717, 1.165) is 16.5 Å². The van der Waals surface area contributed by atoms with E-state index in [9.17, 15) is 4.79 Å². The Hall–Kier alpha value is -2.66. The van der Waals surface area contributed by atoms with Crippen LogP contribution in [0.25, 0.3) is 10.9 Å². The van der Waals surface area contributed by atoms with Gasteiger partial charge in [-0.25, -0.2) is 0 Å². The second-order valence-electron chi connectivity index (χ2n) is 6.26. The van der Waals surface area contributed by atoms with Crippen molar-refractivity contribution < 1.29 is 4.79 Å². The van der Waals surface area contributed by atoms with Crippen LogP contribution in [-0.4, -0.2) is 22.6 Å². The summed E-state index contributed by atoms with van der Waals surface area (Å²) in [5, 5.41) is 10.6. The summed E-state index contributed by atoms with van der Waals surface area (Å²) < 4.78 is 0. The number of benzene rings is 2. The van der Waals surface area contributed by atoms with Gasteiger partial charge in [-0.2, -0.15) is 5.10 Å². The number of nitrogens with one attached hydrogen (secondary N) is 2. The largest absolute Gasteiger partial charge is 0.349 e. The average Bonchev–Trinajstić information content (AvgIpc) is 3.03. The molecule has 2 aromatic carbocycles. The number of hydrogen-bond acceptors (Lipinski definition) is 3. The zero-order valence-corrected chi connectivity index (χ0v) is 13.9. The number of nitrogens with two attached hydrogens (primary N) is 1. The molecule has 1 heterocycles. The first-order valence-electron chi connectivity index (χ1n) is 8.13. The van der Waals surface area contributed by atoms with Crippen molar-refractivity contribution in [3.63, 3.8) is 0 Å². The lowest BCUT2D eigenvalue weighted by Gasteiger charge is -2.14. The molecule has 4 N–H and O–H groups in total. The van der Waals surface area contributed by atoms with Crippen LogP contribution in [0.5, 0.6) is 0 Å². The van der Waals surface area contributed by atoms with E-state index in [1.807, 2.05) is 36.4 Å². The van der Waals surface area contributed by atoms with E-state index in [4.69, 9.17) is 5.73 Å². The Labute approximate surface area is 141 Å². The van der Waals surface area contributed by atoms with E-state index in [-0.39, 0.29) is 11.9 Å². The minimum absolute atomic E-state index is 0.221. The van der Waals surface area contributed by atoms with Gasteiger partial charge in [-0.15, -0.1) is 0 Å². The molecule has 1 unspecified atom stereocenters. The standard InChI is InChI=1S/C19H22N4O/c1-12(2)13-7-9-14(10-8-13)16(20)11-21-19(24)18-15-5-3-4-6-17(15)22-23-18/h3-10,12,16H,11,20H2,1-2H3,(H,21,24)(H,22,23). The molecule has 0 radical (unpaired) electrons. The van der Waals surface area contributed by atoms with Gasteiger partial charge in [-0.05, 0) is 23.1 Å². The maximum atomic E-state index is 12.3. The van der Waals surface area contributed by atoms with E-state index in [1.54, 1.807) is 0 Å². The van der Waals surface area contributed by atoms with Crippen molar-refractivity contribution >= 4 is 16.8 Å². The summed E-state index contributed by atoms with van der Waals surface area (Å²) in [5.41, 5.74) is 9.71. The number of rotatable bonds is 5. The van der Waals surface area contributed by atoms with Crippen LogP contribution in [0.1, 0.15) is 47.4 Å². The van der Waals surface area contributed by atoms with Crippen molar-refractivity contribution in [2.45, 2.75) is 25.8 Å². The summed E-state index contributed by atoms with van der Waals surface area (Å²) in [5.74, 6) is 0.268. The summed E-state index contributed by atoms with van der Waals surface area (Å²) in [7, 11) is 0. The highest BCUT2D eigenvalue weighted by atomic mass is 16.1. The van der Waals surface area contributed by atoms with Gasteiger partial charge in [0.15, 0.2) is 5.69 Å². The summed E-state index contributed by atoms with van der Waals surface area (Å²) >= 11 is 0. The number of carbonyl (C=O) groups excluding carboxylic acids is 1. The monoisotopic (exact) mass is 322 g/mol. The normalized spacial score (nSPS) is 12.5. The summed E-state index contributed by atoms with van der Waals surface area (Å²) in [6, 6.07) is 15.5. The number of aromatic amines is 1. The highest BCUT2D eigenvalue weighted by Gasteiger charge is 2.15. The predicted molar refractivity (Wildman–Crippen MR) is 95.9 cm³/mol. The van der Waals surface area contributed by atoms with Gasteiger partial charge < -0.3 is 11.1 Å². The number of carbonyl (C=O) groups is 1. The molecule has 0 aliphatic carbocycles. The zero-order valence-electron chi connectivity index (χ0n) is 13.9. The molecule has 1 aromatic heterocycles. The summed E-state index contributed by atoms with van der Waals surface area (Å²) in [4.78, 5) is 12.3. The van der Waals surface area contributed by atoms with Crippen LogP contribution in [0.3, 0.4) is 0 Å². The van der Waals surface area contributed by atoms with Crippen LogP contribution in [0.4, 0.5) is 0 Å². The van der Waals surface area contributed by atoms with Gasteiger partial charge in [0.25, 0.3) is 5.91 Å². The molecule has 1 atom stereocenters. The fourth-order valence-electron chi connectivity index (χ4n) is 2.67. The summed E-state index contributed by atoms with van der Waals surface area (Å²) in [6.07, 6.45) is 0. The van der Waals surface area contributed by atoms with Crippen LogP contribution in [0.15, 0.2) is 48.5 Å². The Bertz CT molecular complexity index is 836. The highest BCUT2D eigenvalue weighted by Crippen LogP contribution is 2.18. The topological polar surface area (TPSA) is 83.8 Å². The van der Waals surface area contributed by atoms with Crippen molar-refractivity contribution in [3.05, 3.63) is 65.4 Å². The van der Waals surface area contributed by atoms with Crippen LogP contribution in [-0.2, 0) is 0 Å². The Morgan fingerprint density at radius 1 is 1.12 bits per heavy atom. The van der Waals surface area contributed by atoms with Gasteiger partial charge in [0.2, 0.25) is 0 Å². The van der Waals surface area contributed by atoms with Crippen molar-refractivity contribution in [2.75, 3.05) is 6.54 Å². The van der Waals surface area contributed by atoms with E-state index >= 15 is 0 Å². The van der Waals surface area contributed by atoms with Crippen LogP contribution >= 0.6 is 0 Å². The molecule has 0 saturated carbocycles. The average molecular weight is 322 g/mol. The molecule has 5 heteroatoms. The van der Waals surface area contributed by atoms with E-state index in [2.05, 4.69) is 41.5 Å². The van der Waals surface area contributed by atoms with E-state index in [1.165, 1.54) is 5.56 Å². The quantitative estimate of drug-likeness (QED) is 0.675. The Balaban J connectivity index is 1.65. The Kier molecular flexibility index (Phi) is 4.62. The van der Waals surface area contributed by atoms with Crippen molar-refractivity contribution in [2.24, 2.45) is 5.73 Å². The maximum Gasteiger partial charge on any atom is 0.272 e. The molecule has 3 rings (SSSR count). The molecule has 0 spiro atoms. The number of para-hydroxylation sites is 1. The molecule has 24 heavy (non-hydrogen) atoms. The number of hydrogen-bond donors (Lipinski definition) is 3. The van der Waals surface area contributed by atoms with Gasteiger partial charge in [0.05, 0.1) is 5.52 Å². The summed E-state index contributed by atoms with van der Waals surface area (Å²) in [6.45, 7) is 4.67. The first-order valence-corrected chi connectivity index (χ1v) is 8.13.